The number of nitrogens with one attached hydrogen (secondary N) is 3. The van der Waals surface area contributed by atoms with Crippen LogP contribution in [0.5, 0.6) is 0 Å². The van der Waals surface area contributed by atoms with Gasteiger partial charge in [-0.1, -0.05) is 30.3 Å². The van der Waals surface area contributed by atoms with Gasteiger partial charge in [0, 0.05) is 38.8 Å². The summed E-state index contributed by atoms with van der Waals surface area (Å²) in [6.45, 7) is 1.73. The Kier molecular flexibility index (Phi) is 10.7. The quantitative estimate of drug-likeness (QED) is 0.133. The summed E-state index contributed by atoms with van der Waals surface area (Å²) in [7, 11) is -1.89. The number of unbranched alkanes of at least 4 members (excludes halogenated alkanes) is 2. The summed E-state index contributed by atoms with van der Waals surface area (Å²) in [5.41, 5.74) is 7.01. The fourth-order valence-corrected chi connectivity index (χ4v) is 6.29. The molecule has 1 aliphatic heterocycles. The van der Waals surface area contributed by atoms with E-state index in [2.05, 4.69) is 15.5 Å². The fraction of sp³-hybridized carbons (Fsp3) is 0.444. The zero-order chi connectivity index (χ0) is 28.4. The second kappa shape index (κ2) is 13.9. The van der Waals surface area contributed by atoms with E-state index in [1.165, 1.54) is 16.4 Å². The van der Waals surface area contributed by atoms with Crippen molar-refractivity contribution in [2.24, 2.45) is 5.73 Å². The maximum absolute atomic E-state index is 13.1. The fourth-order valence-electron chi connectivity index (χ4n) is 4.61. The summed E-state index contributed by atoms with van der Waals surface area (Å²) in [5, 5.41) is 22.3. The number of amides is 1. The molecule has 39 heavy (non-hydrogen) atoms. The molecule has 0 saturated carbocycles. The van der Waals surface area contributed by atoms with Crippen LogP contribution in [0.3, 0.4) is 0 Å². The van der Waals surface area contributed by atoms with Gasteiger partial charge in [0.1, 0.15) is 12.1 Å². The number of hydrogen-bond acceptors (Lipinski definition) is 6. The van der Waals surface area contributed by atoms with Crippen LogP contribution < -0.4 is 21.3 Å². The molecule has 0 spiro atoms. The second-order valence-corrected chi connectivity index (χ2v) is 11.6. The molecule has 2 aromatic carbocycles. The van der Waals surface area contributed by atoms with Crippen LogP contribution in [0.25, 0.3) is 0 Å². The number of sulfonamides is 1. The number of hydrogen-bond donors (Lipinski definition) is 5. The third kappa shape index (κ3) is 8.42. The minimum atomic E-state index is -3.87. The van der Waals surface area contributed by atoms with Gasteiger partial charge < -0.3 is 26.4 Å². The summed E-state index contributed by atoms with van der Waals surface area (Å²) < 4.78 is 27.4. The molecule has 2 atom stereocenters. The molecule has 0 aliphatic carbocycles. The lowest BCUT2D eigenvalue weighted by Gasteiger charge is -2.25. The summed E-state index contributed by atoms with van der Waals surface area (Å²) in [5.74, 6) is -1.80. The van der Waals surface area contributed by atoms with E-state index < -0.39 is 34.0 Å². The highest BCUT2D eigenvalue weighted by atomic mass is 32.2. The Hall–Kier alpha value is -3.64. The molecule has 0 bridgehead atoms. The number of rotatable bonds is 14. The molecule has 6 N–H and O–H groups in total. The van der Waals surface area contributed by atoms with E-state index in [1.54, 1.807) is 18.2 Å². The van der Waals surface area contributed by atoms with Crippen molar-refractivity contribution in [1.29, 1.82) is 5.41 Å². The van der Waals surface area contributed by atoms with Gasteiger partial charge in [0.25, 0.3) is 0 Å². The van der Waals surface area contributed by atoms with Crippen LogP contribution >= 0.6 is 0 Å². The second-order valence-electron chi connectivity index (χ2n) is 9.68. The molecule has 1 heterocycles. The highest BCUT2D eigenvalue weighted by Gasteiger charge is 2.40. The number of anilines is 1. The maximum Gasteiger partial charge on any atom is 0.326 e. The Bertz CT molecular complexity index is 1220. The largest absolute Gasteiger partial charge is 0.480 e. The maximum atomic E-state index is 13.1. The molecule has 1 aliphatic rings. The van der Waals surface area contributed by atoms with E-state index in [9.17, 15) is 23.1 Å². The van der Waals surface area contributed by atoms with Gasteiger partial charge in [-0.2, -0.15) is 4.31 Å². The first-order chi connectivity index (χ1) is 18.6. The Balaban J connectivity index is 1.56. The summed E-state index contributed by atoms with van der Waals surface area (Å²) in [6.07, 6.45) is 3.82. The van der Waals surface area contributed by atoms with Crippen molar-refractivity contribution in [3.8, 4) is 0 Å². The first kappa shape index (κ1) is 29.9. The normalized spacial score (nSPS) is 16.4. The molecule has 12 heteroatoms. The summed E-state index contributed by atoms with van der Waals surface area (Å²) >= 11 is 0. The number of nitrogens with zero attached hydrogens (tertiary/aromatic N) is 2. The lowest BCUT2D eigenvalue weighted by molar-refractivity contribution is -0.142. The van der Waals surface area contributed by atoms with E-state index in [1.807, 2.05) is 31.3 Å². The molecule has 11 nitrogen and oxygen atoms in total. The Morgan fingerprint density at radius 2 is 1.82 bits per heavy atom. The molecule has 0 radical (unpaired) electrons. The molecule has 1 amide bonds. The van der Waals surface area contributed by atoms with Crippen molar-refractivity contribution < 1.29 is 23.1 Å². The third-order valence-corrected chi connectivity index (χ3v) is 8.70. The standard InChI is InChI=1S/C27H38N6O5S/c1-32(17-7-3-6-16-30-27(28)29)21-14-12-20(13-15-21)19-23(26(35)36)31-25(34)24-11-8-18-33(24)39(37,38)22-9-4-2-5-10-22/h2,4-5,9-10,12-15,23-24H,3,6-8,11,16-19H2,1H3,(H,31,34)(H,35,36)(H4,28,29,30)/t23-,24-/m0/s1. The van der Waals surface area contributed by atoms with Gasteiger partial charge in [0.2, 0.25) is 15.9 Å². The van der Waals surface area contributed by atoms with Gasteiger partial charge in [-0.05, 0) is 61.9 Å². The predicted molar refractivity (Wildman–Crippen MR) is 150 cm³/mol. The van der Waals surface area contributed by atoms with Crippen molar-refractivity contribution in [1.82, 2.24) is 14.9 Å². The van der Waals surface area contributed by atoms with Gasteiger partial charge in [-0.15, -0.1) is 0 Å². The minimum absolute atomic E-state index is 0.0200. The highest BCUT2D eigenvalue weighted by molar-refractivity contribution is 7.89. The first-order valence-corrected chi connectivity index (χ1v) is 14.5. The van der Waals surface area contributed by atoms with Crippen LogP contribution in [-0.2, 0) is 26.0 Å². The van der Waals surface area contributed by atoms with Gasteiger partial charge in [-0.25, -0.2) is 13.2 Å². The number of carboxylic acid groups (broad SMARTS) is 1. The van der Waals surface area contributed by atoms with Gasteiger partial charge in [0.15, 0.2) is 5.96 Å². The molecule has 0 unspecified atom stereocenters. The van der Waals surface area contributed by atoms with Gasteiger partial charge in [-0.3, -0.25) is 10.2 Å². The average molecular weight is 559 g/mol. The molecule has 1 fully saturated rings. The topological polar surface area (TPSA) is 169 Å². The molecule has 3 rings (SSSR count). The van der Waals surface area contributed by atoms with E-state index in [0.717, 1.165) is 37.1 Å². The number of carbonyl (C=O) groups is 2. The van der Waals surface area contributed by atoms with Crippen LogP contribution in [0.2, 0.25) is 0 Å². The summed E-state index contributed by atoms with van der Waals surface area (Å²) in [6, 6.07) is 13.3. The van der Waals surface area contributed by atoms with E-state index in [4.69, 9.17) is 11.1 Å². The van der Waals surface area contributed by atoms with E-state index in [0.29, 0.717) is 19.4 Å². The molecular formula is C27H38N6O5S. The summed E-state index contributed by atoms with van der Waals surface area (Å²) in [4.78, 5) is 27.3. The van der Waals surface area contributed by atoms with Crippen molar-refractivity contribution in [3.05, 3.63) is 60.2 Å². The number of carbonyl (C=O) groups excluding carboxylic acids is 1. The Labute approximate surface area is 229 Å². The van der Waals surface area contributed by atoms with E-state index >= 15 is 0 Å². The highest BCUT2D eigenvalue weighted by Crippen LogP contribution is 2.26. The smallest absolute Gasteiger partial charge is 0.326 e. The number of benzene rings is 2. The van der Waals surface area contributed by atoms with Crippen LogP contribution in [-0.4, -0.2) is 74.4 Å². The first-order valence-electron chi connectivity index (χ1n) is 13.1. The monoisotopic (exact) mass is 558 g/mol. The number of carboxylic acids is 1. The molecule has 2 aromatic rings. The van der Waals surface area contributed by atoms with Crippen LogP contribution in [0, 0.1) is 5.41 Å². The molecular weight excluding hydrogens is 520 g/mol. The number of guanidine groups is 1. The van der Waals surface area contributed by atoms with E-state index in [-0.39, 0.29) is 23.8 Å². The predicted octanol–water partition coefficient (Wildman–Crippen LogP) is 1.74. The van der Waals surface area contributed by atoms with Crippen LogP contribution in [0.1, 0.15) is 37.7 Å². The van der Waals surface area contributed by atoms with Crippen molar-refractivity contribution in [3.63, 3.8) is 0 Å². The van der Waals surface area contributed by atoms with Crippen molar-refractivity contribution in [2.75, 3.05) is 31.6 Å². The third-order valence-electron chi connectivity index (χ3n) is 6.77. The van der Waals surface area contributed by atoms with Crippen LogP contribution in [0.15, 0.2) is 59.5 Å². The molecule has 0 aromatic heterocycles. The van der Waals surface area contributed by atoms with Crippen LogP contribution in [0.4, 0.5) is 5.69 Å². The molecule has 1 saturated heterocycles. The Morgan fingerprint density at radius 1 is 1.13 bits per heavy atom. The SMILES string of the molecule is CN(CCCCCNC(=N)N)c1ccc(C[C@H](NC(=O)[C@@H]2CCCN2S(=O)(=O)c2ccccc2)C(=O)O)cc1. The molecule has 212 valence electrons. The van der Waals surface area contributed by atoms with Crippen molar-refractivity contribution >= 4 is 33.5 Å². The number of aliphatic carboxylic acids is 1. The Morgan fingerprint density at radius 3 is 2.46 bits per heavy atom. The zero-order valence-corrected chi connectivity index (χ0v) is 23.0. The number of nitrogens with two attached hydrogens (primary N) is 1. The average Bonchev–Trinajstić information content (AvgIpc) is 3.42. The lowest BCUT2D eigenvalue weighted by Crippen LogP contribution is -2.51. The van der Waals surface area contributed by atoms with Gasteiger partial charge >= 0.3 is 5.97 Å². The minimum Gasteiger partial charge on any atom is -0.480 e. The van der Waals surface area contributed by atoms with Crippen molar-refractivity contribution in [2.45, 2.75) is 55.5 Å². The zero-order valence-electron chi connectivity index (χ0n) is 22.2. The lowest BCUT2D eigenvalue weighted by atomic mass is 10.0. The van der Waals surface area contributed by atoms with Gasteiger partial charge in [0.05, 0.1) is 4.90 Å².